The number of benzene rings is 2. The quantitative estimate of drug-likeness (QED) is 0.428. The van der Waals surface area contributed by atoms with E-state index in [0.717, 1.165) is 18.4 Å². The van der Waals surface area contributed by atoms with Gasteiger partial charge >= 0.3 is 0 Å². The number of ether oxygens (including phenoxy) is 2. The maximum atomic E-state index is 12.9. The van der Waals surface area contributed by atoms with Crippen LogP contribution in [0.25, 0.3) is 0 Å². The first-order chi connectivity index (χ1) is 17.4. The van der Waals surface area contributed by atoms with E-state index >= 15 is 0 Å². The van der Waals surface area contributed by atoms with Crippen molar-refractivity contribution < 1.29 is 28.3 Å². The number of carbonyl (C=O) groups excluding carboxylic acids is 3. The Balaban J connectivity index is 1.50. The van der Waals surface area contributed by atoms with Crippen LogP contribution in [0.3, 0.4) is 0 Å². The molecule has 9 heteroatoms. The number of aromatic nitrogens is 1. The maximum absolute atomic E-state index is 12.9. The highest BCUT2D eigenvalue weighted by atomic mass is 16.5. The number of para-hydroxylation sites is 1. The van der Waals surface area contributed by atoms with Crippen molar-refractivity contribution in [2.24, 2.45) is 0 Å². The van der Waals surface area contributed by atoms with Gasteiger partial charge in [0.25, 0.3) is 11.8 Å². The fourth-order valence-corrected chi connectivity index (χ4v) is 3.74. The number of aryl methyl sites for hydroxylation is 1. The second-order valence-electron chi connectivity index (χ2n) is 8.53. The SMILES string of the molecule is CCc1ccccc1OCC(=O)c1ccc2c(c1)N(Cc1nc(C(=O)N[C@H](C)CC)co1)C(=O)CO2. The van der Waals surface area contributed by atoms with Gasteiger partial charge in [-0.3, -0.25) is 19.3 Å². The predicted molar refractivity (Wildman–Crippen MR) is 132 cm³/mol. The van der Waals surface area contributed by atoms with Gasteiger partial charge < -0.3 is 19.2 Å². The molecular formula is C27H29N3O6. The molecule has 0 fully saturated rings. The van der Waals surface area contributed by atoms with Crippen molar-refractivity contribution >= 4 is 23.3 Å². The minimum atomic E-state index is -0.342. The van der Waals surface area contributed by atoms with Crippen LogP contribution < -0.4 is 19.7 Å². The molecule has 1 aromatic heterocycles. The van der Waals surface area contributed by atoms with Crippen LogP contribution in [-0.4, -0.2) is 41.8 Å². The number of nitrogens with zero attached hydrogens (tertiary/aromatic N) is 2. The zero-order valence-electron chi connectivity index (χ0n) is 20.6. The zero-order valence-corrected chi connectivity index (χ0v) is 20.6. The highest BCUT2D eigenvalue weighted by Gasteiger charge is 2.28. The van der Waals surface area contributed by atoms with Crippen LogP contribution in [0.1, 0.15) is 59.5 Å². The van der Waals surface area contributed by atoms with Crippen molar-refractivity contribution in [3.8, 4) is 11.5 Å². The molecular weight excluding hydrogens is 462 g/mol. The first kappa shape index (κ1) is 25.0. The van der Waals surface area contributed by atoms with E-state index in [-0.39, 0.29) is 55.0 Å². The zero-order chi connectivity index (χ0) is 25.7. The van der Waals surface area contributed by atoms with Crippen molar-refractivity contribution in [1.29, 1.82) is 0 Å². The second kappa shape index (κ2) is 11.1. The van der Waals surface area contributed by atoms with E-state index in [9.17, 15) is 14.4 Å². The predicted octanol–water partition coefficient (Wildman–Crippen LogP) is 3.95. The number of rotatable bonds is 10. The molecule has 1 aliphatic rings. The van der Waals surface area contributed by atoms with E-state index in [1.807, 2.05) is 45.0 Å². The molecule has 2 aromatic carbocycles. The summed E-state index contributed by atoms with van der Waals surface area (Å²) in [6.45, 7) is 5.58. The average Bonchev–Trinajstić information content (AvgIpc) is 3.37. The number of oxazole rings is 1. The van der Waals surface area contributed by atoms with Gasteiger partial charge in [0, 0.05) is 11.6 Å². The third-order valence-corrected chi connectivity index (χ3v) is 6.00. The van der Waals surface area contributed by atoms with Crippen LogP contribution in [0.4, 0.5) is 5.69 Å². The second-order valence-corrected chi connectivity index (χ2v) is 8.53. The Hall–Kier alpha value is -4.14. The molecule has 2 amide bonds. The summed E-state index contributed by atoms with van der Waals surface area (Å²) >= 11 is 0. The highest BCUT2D eigenvalue weighted by Crippen LogP contribution is 2.34. The third kappa shape index (κ3) is 5.56. The van der Waals surface area contributed by atoms with Crippen LogP contribution in [0.5, 0.6) is 11.5 Å². The van der Waals surface area contributed by atoms with Gasteiger partial charge in [-0.2, -0.15) is 0 Å². The lowest BCUT2D eigenvalue weighted by Gasteiger charge is -2.28. The van der Waals surface area contributed by atoms with Crippen LogP contribution in [0, 0.1) is 0 Å². The van der Waals surface area contributed by atoms with Gasteiger partial charge in [-0.1, -0.05) is 32.0 Å². The van der Waals surface area contributed by atoms with E-state index in [2.05, 4.69) is 10.3 Å². The molecule has 188 valence electrons. The molecule has 3 aromatic rings. The Labute approximate surface area is 209 Å². The Morgan fingerprint density at radius 1 is 1.19 bits per heavy atom. The number of carbonyl (C=O) groups is 3. The van der Waals surface area contributed by atoms with E-state index < -0.39 is 0 Å². The monoisotopic (exact) mass is 491 g/mol. The lowest BCUT2D eigenvalue weighted by Crippen LogP contribution is -2.38. The molecule has 0 saturated heterocycles. The Morgan fingerprint density at radius 2 is 2.00 bits per heavy atom. The third-order valence-electron chi connectivity index (χ3n) is 6.00. The fraction of sp³-hybridized carbons (Fsp3) is 0.333. The highest BCUT2D eigenvalue weighted by molar-refractivity contribution is 6.02. The van der Waals surface area contributed by atoms with Crippen molar-refractivity contribution in [3.05, 3.63) is 71.4 Å². The van der Waals surface area contributed by atoms with Gasteiger partial charge in [-0.25, -0.2) is 4.98 Å². The molecule has 1 aliphatic heterocycles. The largest absolute Gasteiger partial charge is 0.485 e. The van der Waals surface area contributed by atoms with E-state index in [1.165, 1.54) is 11.2 Å². The Kier molecular flexibility index (Phi) is 7.68. The minimum Gasteiger partial charge on any atom is -0.485 e. The van der Waals surface area contributed by atoms with Crippen molar-refractivity contribution in [3.63, 3.8) is 0 Å². The molecule has 0 bridgehead atoms. The molecule has 0 aliphatic carbocycles. The minimum absolute atomic E-state index is 0.000683. The number of Topliss-reactive ketones (excluding diaryl/α,β-unsaturated/α-hetero) is 1. The Bertz CT molecular complexity index is 1270. The lowest BCUT2D eigenvalue weighted by molar-refractivity contribution is -0.121. The number of anilines is 1. The van der Waals surface area contributed by atoms with E-state index in [0.29, 0.717) is 22.7 Å². The fourth-order valence-electron chi connectivity index (χ4n) is 3.74. The maximum Gasteiger partial charge on any atom is 0.273 e. The molecule has 0 saturated carbocycles. The number of amides is 2. The van der Waals surface area contributed by atoms with Crippen molar-refractivity contribution in [2.45, 2.75) is 46.2 Å². The van der Waals surface area contributed by atoms with Crippen molar-refractivity contribution in [1.82, 2.24) is 10.3 Å². The van der Waals surface area contributed by atoms with Crippen LogP contribution in [0.2, 0.25) is 0 Å². The average molecular weight is 492 g/mol. The number of hydrogen-bond donors (Lipinski definition) is 1. The van der Waals surface area contributed by atoms with E-state index in [1.54, 1.807) is 18.2 Å². The molecule has 1 N–H and O–H groups in total. The topological polar surface area (TPSA) is 111 Å². The van der Waals surface area contributed by atoms with Crippen LogP contribution >= 0.6 is 0 Å². The molecule has 36 heavy (non-hydrogen) atoms. The molecule has 0 radical (unpaired) electrons. The molecule has 9 nitrogen and oxygen atoms in total. The van der Waals surface area contributed by atoms with Gasteiger partial charge in [0.1, 0.15) is 24.3 Å². The summed E-state index contributed by atoms with van der Waals surface area (Å²) in [4.78, 5) is 43.6. The number of ketones is 1. The smallest absolute Gasteiger partial charge is 0.273 e. The Morgan fingerprint density at radius 3 is 2.78 bits per heavy atom. The summed E-state index contributed by atoms with van der Waals surface area (Å²) in [6, 6.07) is 12.5. The van der Waals surface area contributed by atoms with Gasteiger partial charge in [0.15, 0.2) is 24.7 Å². The van der Waals surface area contributed by atoms with Gasteiger partial charge in [0.05, 0.1) is 5.69 Å². The first-order valence-electron chi connectivity index (χ1n) is 12.0. The summed E-state index contributed by atoms with van der Waals surface area (Å²) in [5, 5.41) is 2.83. The molecule has 0 spiro atoms. The van der Waals surface area contributed by atoms with Gasteiger partial charge in [0.2, 0.25) is 5.89 Å². The summed E-state index contributed by atoms with van der Waals surface area (Å²) in [5.74, 6) is 0.436. The summed E-state index contributed by atoms with van der Waals surface area (Å²) in [5.41, 5.74) is 1.96. The normalized spacial score (nSPS) is 13.5. The first-order valence-corrected chi connectivity index (χ1v) is 12.0. The van der Waals surface area contributed by atoms with Gasteiger partial charge in [-0.15, -0.1) is 0 Å². The van der Waals surface area contributed by atoms with Gasteiger partial charge in [-0.05, 0) is 49.6 Å². The molecule has 0 unspecified atom stereocenters. The summed E-state index contributed by atoms with van der Waals surface area (Å²) in [6.07, 6.45) is 2.84. The molecule has 4 rings (SSSR count). The summed E-state index contributed by atoms with van der Waals surface area (Å²) < 4.78 is 16.8. The number of nitrogens with one attached hydrogen (secondary N) is 1. The van der Waals surface area contributed by atoms with E-state index in [4.69, 9.17) is 13.9 Å². The lowest BCUT2D eigenvalue weighted by atomic mass is 10.1. The number of hydrogen-bond acceptors (Lipinski definition) is 7. The number of fused-ring (bicyclic) bond motifs is 1. The molecule has 2 heterocycles. The van der Waals surface area contributed by atoms with Crippen LogP contribution in [-0.2, 0) is 17.8 Å². The van der Waals surface area contributed by atoms with Crippen LogP contribution in [0.15, 0.2) is 53.1 Å². The summed E-state index contributed by atoms with van der Waals surface area (Å²) in [7, 11) is 0. The standard InChI is InChI=1S/C27H29N3O6/c1-4-17(3)28-27(33)20-14-36-25(29-20)13-30-21-12-19(10-11-24(21)35-16-26(30)32)22(31)15-34-23-9-7-6-8-18(23)5-2/h6-12,14,17H,4-5,13,15-16H2,1-3H3,(H,28,33)/t17-/m1/s1. The molecule has 1 atom stereocenters. The van der Waals surface area contributed by atoms with Crippen molar-refractivity contribution in [2.75, 3.05) is 18.1 Å².